The zero-order valence-electron chi connectivity index (χ0n) is 10.3. The Labute approximate surface area is 116 Å². The molecule has 0 aliphatic carbocycles. The maximum absolute atomic E-state index is 12.2. The van der Waals surface area contributed by atoms with Crippen LogP contribution in [-0.2, 0) is 9.59 Å². The summed E-state index contributed by atoms with van der Waals surface area (Å²) in [6, 6.07) is 8.93. The molecule has 1 aliphatic rings. The molecule has 2 atom stereocenters. The van der Waals surface area contributed by atoms with E-state index in [2.05, 4.69) is 10.6 Å². The van der Waals surface area contributed by atoms with Gasteiger partial charge in [0, 0.05) is 13.0 Å². The number of nitrogens with one attached hydrogen (secondary N) is 2. The number of thiocarbonyl (C=S) groups is 1. The van der Waals surface area contributed by atoms with Crippen molar-refractivity contribution >= 4 is 29.0 Å². The molecule has 100 valence electrons. The molecular weight excluding hydrogens is 262 g/mol. The first-order chi connectivity index (χ1) is 9.08. The quantitative estimate of drug-likeness (QED) is 0.680. The fourth-order valence-electron chi connectivity index (χ4n) is 2.08. The Morgan fingerprint density at radius 2 is 2.11 bits per heavy atom. The molecule has 2 rings (SSSR count). The number of amides is 2. The Hall–Kier alpha value is -1.95. The van der Waals surface area contributed by atoms with Crippen molar-refractivity contribution < 1.29 is 9.59 Å². The minimum absolute atomic E-state index is 0.0584. The topological polar surface area (TPSA) is 84.2 Å². The summed E-state index contributed by atoms with van der Waals surface area (Å²) < 4.78 is 0. The average molecular weight is 277 g/mol. The van der Waals surface area contributed by atoms with Gasteiger partial charge in [0.05, 0.1) is 11.0 Å². The normalized spacial score (nSPS) is 19.6. The zero-order valence-corrected chi connectivity index (χ0v) is 11.1. The molecular formula is C13H15N3O2S. The molecule has 1 aliphatic heterocycles. The summed E-state index contributed by atoms with van der Waals surface area (Å²) in [5.41, 5.74) is 6.41. The Morgan fingerprint density at radius 3 is 2.63 bits per heavy atom. The number of rotatable bonds is 4. The van der Waals surface area contributed by atoms with Crippen LogP contribution in [0.4, 0.5) is 0 Å². The van der Waals surface area contributed by atoms with E-state index in [9.17, 15) is 9.59 Å². The van der Waals surface area contributed by atoms with Gasteiger partial charge in [0.25, 0.3) is 0 Å². The fourth-order valence-corrected chi connectivity index (χ4v) is 2.33. The van der Waals surface area contributed by atoms with Crippen LogP contribution in [0.2, 0.25) is 0 Å². The smallest absolute Gasteiger partial charge is 0.234 e. The van der Waals surface area contributed by atoms with Crippen LogP contribution in [0.3, 0.4) is 0 Å². The molecule has 1 aromatic rings. The lowest BCUT2D eigenvalue weighted by atomic mass is 9.98. The van der Waals surface area contributed by atoms with Crippen LogP contribution in [0.1, 0.15) is 17.9 Å². The van der Waals surface area contributed by atoms with Crippen molar-refractivity contribution in [3.05, 3.63) is 35.9 Å². The van der Waals surface area contributed by atoms with Gasteiger partial charge in [0.2, 0.25) is 11.8 Å². The highest BCUT2D eigenvalue weighted by atomic mass is 32.1. The first kappa shape index (κ1) is 13.5. The molecule has 1 heterocycles. The highest BCUT2D eigenvalue weighted by Crippen LogP contribution is 2.17. The Bertz CT molecular complexity index is 504. The van der Waals surface area contributed by atoms with Crippen LogP contribution in [-0.4, -0.2) is 29.4 Å². The van der Waals surface area contributed by atoms with Crippen molar-refractivity contribution in [3.63, 3.8) is 0 Å². The van der Waals surface area contributed by atoms with Gasteiger partial charge in [-0.2, -0.15) is 0 Å². The second kappa shape index (κ2) is 5.79. The van der Waals surface area contributed by atoms with E-state index in [-0.39, 0.29) is 22.8 Å². The van der Waals surface area contributed by atoms with E-state index in [1.165, 1.54) is 0 Å². The van der Waals surface area contributed by atoms with Gasteiger partial charge in [-0.3, -0.25) is 9.59 Å². The first-order valence-corrected chi connectivity index (χ1v) is 6.40. The third-order valence-corrected chi connectivity index (χ3v) is 3.24. The van der Waals surface area contributed by atoms with E-state index < -0.39 is 5.92 Å². The summed E-state index contributed by atoms with van der Waals surface area (Å²) in [7, 11) is 0. The molecule has 0 spiro atoms. The third-order valence-electron chi connectivity index (χ3n) is 3.00. The second-order valence-electron chi connectivity index (χ2n) is 4.46. The predicted octanol–water partition coefficient (Wildman–Crippen LogP) is 0.0610. The van der Waals surface area contributed by atoms with Crippen molar-refractivity contribution in [2.45, 2.75) is 18.4 Å². The lowest BCUT2D eigenvalue weighted by Gasteiger charge is -2.18. The van der Waals surface area contributed by atoms with Crippen LogP contribution in [0.25, 0.3) is 0 Å². The van der Waals surface area contributed by atoms with Gasteiger partial charge in [-0.15, -0.1) is 0 Å². The minimum Gasteiger partial charge on any atom is -0.392 e. The molecule has 6 heteroatoms. The maximum Gasteiger partial charge on any atom is 0.234 e. The molecule has 0 radical (unpaired) electrons. The molecule has 19 heavy (non-hydrogen) atoms. The van der Waals surface area contributed by atoms with E-state index in [0.29, 0.717) is 13.0 Å². The van der Waals surface area contributed by atoms with Crippen LogP contribution in [0.5, 0.6) is 0 Å². The number of hydrogen-bond donors (Lipinski definition) is 3. The molecule has 1 saturated heterocycles. The summed E-state index contributed by atoms with van der Waals surface area (Å²) in [5, 5.41) is 5.46. The first-order valence-electron chi connectivity index (χ1n) is 5.99. The zero-order chi connectivity index (χ0) is 13.8. The summed E-state index contributed by atoms with van der Waals surface area (Å²) in [4.78, 5) is 23.5. The van der Waals surface area contributed by atoms with Gasteiger partial charge >= 0.3 is 0 Å². The molecule has 4 N–H and O–H groups in total. The highest BCUT2D eigenvalue weighted by molar-refractivity contribution is 7.80. The van der Waals surface area contributed by atoms with E-state index in [1.807, 2.05) is 30.3 Å². The largest absolute Gasteiger partial charge is 0.392 e. The van der Waals surface area contributed by atoms with Crippen molar-refractivity contribution in [3.8, 4) is 0 Å². The van der Waals surface area contributed by atoms with Crippen molar-refractivity contribution in [2.75, 3.05) is 6.54 Å². The molecule has 0 aromatic heterocycles. The van der Waals surface area contributed by atoms with Gasteiger partial charge in [-0.05, 0) is 5.56 Å². The molecule has 0 saturated carbocycles. The van der Waals surface area contributed by atoms with Gasteiger partial charge in [-0.1, -0.05) is 42.5 Å². The summed E-state index contributed by atoms with van der Waals surface area (Å²) in [6.45, 7) is 0.448. The van der Waals surface area contributed by atoms with E-state index in [4.69, 9.17) is 18.0 Å². The molecule has 1 fully saturated rings. The molecule has 0 bridgehead atoms. The van der Waals surface area contributed by atoms with Crippen molar-refractivity contribution in [1.29, 1.82) is 0 Å². The van der Waals surface area contributed by atoms with Crippen LogP contribution >= 0.6 is 12.2 Å². The van der Waals surface area contributed by atoms with Crippen LogP contribution in [0, 0.1) is 0 Å². The molecule has 2 unspecified atom stereocenters. The Kier molecular flexibility index (Phi) is 4.11. The average Bonchev–Trinajstić information content (AvgIpc) is 2.75. The maximum atomic E-state index is 12.2. The number of carbonyl (C=O) groups excluding carboxylic acids is 2. The van der Waals surface area contributed by atoms with Gasteiger partial charge in [0.1, 0.15) is 5.92 Å². The SMILES string of the molecule is NC(=S)C(C(=O)NC1CNC(=O)C1)c1ccccc1. The van der Waals surface area contributed by atoms with E-state index >= 15 is 0 Å². The number of nitrogens with two attached hydrogens (primary N) is 1. The summed E-state index contributed by atoms with van der Waals surface area (Å²) in [6.07, 6.45) is 0.296. The molecule has 1 aromatic carbocycles. The van der Waals surface area contributed by atoms with E-state index in [0.717, 1.165) is 5.56 Å². The lowest BCUT2D eigenvalue weighted by Crippen LogP contribution is -2.42. The number of carbonyl (C=O) groups is 2. The van der Waals surface area contributed by atoms with Crippen molar-refractivity contribution in [1.82, 2.24) is 10.6 Å². The predicted molar refractivity (Wildman–Crippen MR) is 75.5 cm³/mol. The number of hydrogen-bond acceptors (Lipinski definition) is 3. The van der Waals surface area contributed by atoms with Gasteiger partial charge < -0.3 is 16.4 Å². The van der Waals surface area contributed by atoms with Crippen molar-refractivity contribution in [2.24, 2.45) is 5.73 Å². The van der Waals surface area contributed by atoms with Gasteiger partial charge in [-0.25, -0.2) is 0 Å². The second-order valence-corrected chi connectivity index (χ2v) is 4.93. The molecule has 2 amide bonds. The van der Waals surface area contributed by atoms with Crippen LogP contribution < -0.4 is 16.4 Å². The summed E-state index contributed by atoms with van der Waals surface area (Å²) >= 11 is 4.97. The monoisotopic (exact) mass is 277 g/mol. The highest BCUT2D eigenvalue weighted by Gasteiger charge is 2.28. The fraction of sp³-hybridized carbons (Fsp3) is 0.308. The summed E-state index contributed by atoms with van der Waals surface area (Å²) in [5.74, 6) is -0.982. The minimum atomic E-state index is -0.660. The number of benzene rings is 1. The Morgan fingerprint density at radius 1 is 1.42 bits per heavy atom. The van der Waals surface area contributed by atoms with Gasteiger partial charge in [0.15, 0.2) is 0 Å². The standard InChI is InChI=1S/C13H15N3O2S/c14-12(19)11(8-4-2-1-3-5-8)13(18)16-9-6-10(17)15-7-9/h1-5,9,11H,6-7H2,(H2,14,19)(H,15,17)(H,16,18). The Balaban J connectivity index is 2.09. The van der Waals surface area contributed by atoms with E-state index in [1.54, 1.807) is 0 Å². The van der Waals surface area contributed by atoms with Crippen LogP contribution in [0.15, 0.2) is 30.3 Å². The molecule has 5 nitrogen and oxygen atoms in total. The lowest BCUT2D eigenvalue weighted by molar-refractivity contribution is -0.121. The third kappa shape index (κ3) is 3.29.